The summed E-state index contributed by atoms with van der Waals surface area (Å²) in [4.78, 5) is 43.3. The van der Waals surface area contributed by atoms with Crippen molar-refractivity contribution in [2.45, 2.75) is 31.8 Å². The summed E-state index contributed by atoms with van der Waals surface area (Å²) >= 11 is 6.07. The lowest BCUT2D eigenvalue weighted by Gasteiger charge is -2.33. The minimum atomic E-state index is -0.569. The molecule has 0 atom stereocenters. The number of anilines is 1. The lowest BCUT2D eigenvalue weighted by molar-refractivity contribution is 0.172. The summed E-state index contributed by atoms with van der Waals surface area (Å²) in [6.07, 6.45) is 7.98. The van der Waals surface area contributed by atoms with Crippen LogP contribution in [0.3, 0.4) is 0 Å². The fourth-order valence-corrected chi connectivity index (χ4v) is 4.51. The molecule has 3 aromatic heterocycles. The second-order valence-electron chi connectivity index (χ2n) is 8.27. The van der Waals surface area contributed by atoms with Crippen LogP contribution in [0.2, 0.25) is 5.02 Å². The fourth-order valence-electron chi connectivity index (χ4n) is 4.36. The molecular weight excluding hydrogens is 418 g/mol. The molecule has 2 aliphatic rings. The van der Waals surface area contributed by atoms with Gasteiger partial charge in [0.2, 0.25) is 5.95 Å². The Morgan fingerprint density at radius 1 is 1.00 bits per heavy atom. The van der Waals surface area contributed by atoms with E-state index in [0.29, 0.717) is 48.1 Å². The molecule has 0 radical (unpaired) electrons. The number of aromatic nitrogens is 5. The second-order valence-corrected chi connectivity index (χ2v) is 8.71. The number of pyridine rings is 1. The molecule has 2 saturated heterocycles. The predicted molar refractivity (Wildman–Crippen MR) is 119 cm³/mol. The van der Waals surface area contributed by atoms with Crippen LogP contribution in [0.25, 0.3) is 11.2 Å². The van der Waals surface area contributed by atoms with Gasteiger partial charge in [0.05, 0.1) is 10.5 Å². The molecule has 3 aromatic rings. The van der Waals surface area contributed by atoms with E-state index < -0.39 is 11.1 Å². The molecule has 0 amide bonds. The zero-order valence-electron chi connectivity index (χ0n) is 17.4. The SMILES string of the molecule is Cn1c(=O)c(=O)n(C2CCN(c3ncc(CN4CCC4)cn3)CC2)c2ncc(Cl)cc21. The summed E-state index contributed by atoms with van der Waals surface area (Å²) in [5, 5.41) is 0.428. The number of piperidine rings is 1. The van der Waals surface area contributed by atoms with Crippen LogP contribution in [0.15, 0.2) is 34.2 Å². The van der Waals surface area contributed by atoms with Gasteiger partial charge in [-0.3, -0.25) is 19.1 Å². The van der Waals surface area contributed by atoms with Gasteiger partial charge >= 0.3 is 11.1 Å². The summed E-state index contributed by atoms with van der Waals surface area (Å²) < 4.78 is 2.86. The molecule has 31 heavy (non-hydrogen) atoms. The van der Waals surface area contributed by atoms with Crippen LogP contribution in [0, 0.1) is 0 Å². The maximum Gasteiger partial charge on any atom is 0.318 e. The van der Waals surface area contributed by atoms with E-state index in [4.69, 9.17) is 11.6 Å². The molecule has 0 bridgehead atoms. The van der Waals surface area contributed by atoms with Crippen LogP contribution in [0.4, 0.5) is 5.95 Å². The Morgan fingerprint density at radius 3 is 2.35 bits per heavy atom. The van der Waals surface area contributed by atoms with Gasteiger partial charge in [0.25, 0.3) is 0 Å². The van der Waals surface area contributed by atoms with Crippen LogP contribution in [0.5, 0.6) is 0 Å². The third-order valence-electron chi connectivity index (χ3n) is 6.27. The monoisotopic (exact) mass is 441 g/mol. The molecule has 0 aliphatic carbocycles. The topological polar surface area (TPSA) is 89.2 Å². The van der Waals surface area contributed by atoms with Crippen molar-refractivity contribution >= 4 is 28.7 Å². The summed E-state index contributed by atoms with van der Waals surface area (Å²) in [6, 6.07) is 1.56. The Kier molecular flexibility index (Phi) is 5.23. The van der Waals surface area contributed by atoms with E-state index in [0.717, 1.165) is 25.2 Å². The van der Waals surface area contributed by atoms with Gasteiger partial charge < -0.3 is 9.47 Å². The lowest BCUT2D eigenvalue weighted by Crippen LogP contribution is -2.45. The number of rotatable bonds is 4. The quantitative estimate of drug-likeness (QED) is 0.568. The number of hydrogen-bond donors (Lipinski definition) is 0. The van der Waals surface area contributed by atoms with Crippen molar-refractivity contribution < 1.29 is 0 Å². The van der Waals surface area contributed by atoms with Crippen molar-refractivity contribution in [1.29, 1.82) is 0 Å². The first-order chi connectivity index (χ1) is 15.0. The van der Waals surface area contributed by atoms with Crippen molar-refractivity contribution in [2.24, 2.45) is 7.05 Å². The molecule has 5 rings (SSSR count). The molecule has 0 aromatic carbocycles. The Labute approximate surface area is 183 Å². The van der Waals surface area contributed by atoms with Crippen LogP contribution < -0.4 is 16.0 Å². The van der Waals surface area contributed by atoms with Gasteiger partial charge in [0, 0.05) is 56.9 Å². The summed E-state index contributed by atoms with van der Waals surface area (Å²) in [7, 11) is 1.57. The molecule has 0 spiro atoms. The molecule has 0 N–H and O–H groups in total. The van der Waals surface area contributed by atoms with Gasteiger partial charge in [0.15, 0.2) is 5.65 Å². The van der Waals surface area contributed by atoms with E-state index in [9.17, 15) is 9.59 Å². The highest BCUT2D eigenvalue weighted by atomic mass is 35.5. The molecule has 0 saturated carbocycles. The van der Waals surface area contributed by atoms with Crippen LogP contribution >= 0.6 is 11.6 Å². The number of likely N-dealkylation sites (tertiary alicyclic amines) is 1. The first kappa shape index (κ1) is 20.1. The van der Waals surface area contributed by atoms with Crippen molar-refractivity contribution in [3.8, 4) is 0 Å². The van der Waals surface area contributed by atoms with Gasteiger partial charge in [-0.15, -0.1) is 0 Å². The minimum absolute atomic E-state index is 0.112. The molecule has 2 aliphatic heterocycles. The van der Waals surface area contributed by atoms with Gasteiger partial charge in [-0.05, 0) is 38.4 Å². The van der Waals surface area contributed by atoms with Gasteiger partial charge in [-0.25, -0.2) is 15.0 Å². The number of fused-ring (bicyclic) bond motifs is 1. The van der Waals surface area contributed by atoms with E-state index >= 15 is 0 Å². The Balaban J connectivity index is 1.35. The smallest absolute Gasteiger partial charge is 0.318 e. The Morgan fingerprint density at radius 2 is 1.71 bits per heavy atom. The van der Waals surface area contributed by atoms with Gasteiger partial charge in [-0.1, -0.05) is 11.6 Å². The van der Waals surface area contributed by atoms with Crippen LogP contribution in [0.1, 0.15) is 30.9 Å². The molecule has 5 heterocycles. The number of nitrogens with zero attached hydrogens (tertiary/aromatic N) is 7. The summed E-state index contributed by atoms with van der Waals surface area (Å²) in [6.45, 7) is 4.60. The number of hydrogen-bond acceptors (Lipinski definition) is 7. The fraction of sp³-hybridized carbons (Fsp3) is 0.476. The molecule has 9 nitrogen and oxygen atoms in total. The standard InChI is InChI=1S/C21H24ClN7O2/c1-26-17-9-15(22)12-23-18(17)29(20(31)19(26)30)16-3-7-28(8-4-16)21-24-10-14(11-25-21)13-27-5-2-6-27/h9-12,16H,2-8,13H2,1H3. The predicted octanol–water partition coefficient (Wildman–Crippen LogP) is 1.59. The van der Waals surface area contributed by atoms with Crippen LogP contribution in [-0.2, 0) is 13.6 Å². The first-order valence-corrected chi connectivity index (χ1v) is 10.9. The lowest BCUT2D eigenvalue weighted by atomic mass is 10.0. The van der Waals surface area contributed by atoms with Crippen molar-refractivity contribution in [3.63, 3.8) is 0 Å². The normalized spacial score (nSPS) is 17.8. The number of aryl methyl sites for hydroxylation is 1. The summed E-state index contributed by atoms with van der Waals surface area (Å²) in [5.74, 6) is 0.705. The average molecular weight is 442 g/mol. The van der Waals surface area contributed by atoms with Crippen molar-refractivity contribution in [1.82, 2.24) is 29.0 Å². The zero-order valence-corrected chi connectivity index (χ0v) is 18.1. The Hall–Kier alpha value is -2.78. The number of halogens is 1. The van der Waals surface area contributed by atoms with E-state index in [1.165, 1.54) is 17.2 Å². The third-order valence-corrected chi connectivity index (χ3v) is 6.48. The van der Waals surface area contributed by atoms with Gasteiger partial charge in [-0.2, -0.15) is 0 Å². The molecule has 10 heteroatoms. The largest absolute Gasteiger partial charge is 0.341 e. The van der Waals surface area contributed by atoms with Crippen molar-refractivity contribution in [3.05, 3.63) is 56.0 Å². The zero-order chi connectivity index (χ0) is 21.5. The van der Waals surface area contributed by atoms with Gasteiger partial charge in [0.1, 0.15) is 0 Å². The average Bonchev–Trinajstić information content (AvgIpc) is 2.76. The maximum atomic E-state index is 12.8. The molecule has 162 valence electrons. The highest BCUT2D eigenvalue weighted by Gasteiger charge is 2.26. The van der Waals surface area contributed by atoms with E-state index in [1.54, 1.807) is 17.7 Å². The van der Waals surface area contributed by atoms with Crippen LogP contribution in [-0.4, -0.2) is 55.2 Å². The highest BCUT2D eigenvalue weighted by Crippen LogP contribution is 2.26. The molecule has 0 unspecified atom stereocenters. The first-order valence-electron chi connectivity index (χ1n) is 10.6. The maximum absolute atomic E-state index is 12.8. The highest BCUT2D eigenvalue weighted by molar-refractivity contribution is 6.31. The Bertz CT molecular complexity index is 1230. The molecule has 2 fully saturated rings. The minimum Gasteiger partial charge on any atom is -0.341 e. The third kappa shape index (κ3) is 3.72. The van der Waals surface area contributed by atoms with E-state index in [2.05, 4.69) is 24.8 Å². The summed E-state index contributed by atoms with van der Waals surface area (Å²) in [5.41, 5.74) is 1.05. The molecular formula is C21H24ClN7O2. The van der Waals surface area contributed by atoms with Crippen molar-refractivity contribution in [2.75, 3.05) is 31.1 Å². The van der Waals surface area contributed by atoms with E-state index in [1.807, 2.05) is 12.4 Å². The second kappa shape index (κ2) is 8.05. The van der Waals surface area contributed by atoms with E-state index in [-0.39, 0.29) is 6.04 Å².